The minimum atomic E-state index is 0.463. The predicted molar refractivity (Wildman–Crippen MR) is 44.3 cm³/mol. The minimum Gasteiger partial charge on any atom is -0.376 e. The van der Waals surface area contributed by atoms with E-state index in [1.54, 1.807) is 11.3 Å². The van der Waals surface area contributed by atoms with E-state index in [2.05, 4.69) is 6.07 Å². The van der Waals surface area contributed by atoms with Crippen LogP contribution >= 0.6 is 11.3 Å². The summed E-state index contributed by atoms with van der Waals surface area (Å²) in [5.74, 6) is 0. The SMILES string of the molecule is [2H]CCCOCc1cccs1. The second kappa shape index (κ2) is 4.47. The number of rotatable bonds is 4. The monoisotopic (exact) mass is 157 g/mol. The molecule has 0 aliphatic rings. The summed E-state index contributed by atoms with van der Waals surface area (Å²) < 4.78 is 12.2. The van der Waals surface area contributed by atoms with Crippen LogP contribution in [0.4, 0.5) is 0 Å². The lowest BCUT2D eigenvalue weighted by Crippen LogP contribution is -1.90. The van der Waals surface area contributed by atoms with Crippen LogP contribution in [0.3, 0.4) is 0 Å². The number of ether oxygens (including phenoxy) is 1. The van der Waals surface area contributed by atoms with Crippen LogP contribution in [0.15, 0.2) is 17.5 Å². The quantitative estimate of drug-likeness (QED) is 0.610. The highest BCUT2D eigenvalue weighted by Gasteiger charge is 1.90. The van der Waals surface area contributed by atoms with Crippen LogP contribution in [0.2, 0.25) is 0 Å². The van der Waals surface area contributed by atoms with Gasteiger partial charge in [0.05, 0.1) is 6.61 Å². The van der Waals surface area contributed by atoms with E-state index in [9.17, 15) is 0 Å². The largest absolute Gasteiger partial charge is 0.376 e. The molecule has 0 N–H and O–H groups in total. The second-order valence-corrected chi connectivity index (χ2v) is 3.02. The Hall–Kier alpha value is -0.340. The predicted octanol–water partition coefficient (Wildman–Crippen LogP) is 2.67. The zero-order chi connectivity index (χ0) is 7.94. The molecule has 1 rings (SSSR count). The van der Waals surface area contributed by atoms with Gasteiger partial charge in [0.25, 0.3) is 0 Å². The molecule has 0 saturated carbocycles. The zero-order valence-electron chi connectivity index (χ0n) is 6.88. The van der Waals surface area contributed by atoms with Gasteiger partial charge >= 0.3 is 0 Å². The fourth-order valence-electron chi connectivity index (χ4n) is 0.670. The number of thiophene rings is 1. The van der Waals surface area contributed by atoms with E-state index in [4.69, 9.17) is 6.11 Å². The highest BCUT2D eigenvalue weighted by molar-refractivity contribution is 7.09. The maximum Gasteiger partial charge on any atom is 0.0809 e. The van der Waals surface area contributed by atoms with Crippen molar-refractivity contribution in [2.45, 2.75) is 19.9 Å². The summed E-state index contributed by atoms with van der Waals surface area (Å²) in [7, 11) is 0. The average molecular weight is 157 g/mol. The van der Waals surface area contributed by atoms with Crippen molar-refractivity contribution >= 4 is 11.3 Å². The maximum absolute atomic E-state index is 6.88. The van der Waals surface area contributed by atoms with Gasteiger partial charge in [-0.15, -0.1) is 11.3 Å². The highest BCUT2D eigenvalue weighted by atomic mass is 32.1. The fourth-order valence-corrected chi connectivity index (χ4v) is 1.31. The Balaban J connectivity index is 2.04. The van der Waals surface area contributed by atoms with Crippen molar-refractivity contribution in [1.29, 1.82) is 0 Å². The molecule has 0 aliphatic carbocycles. The molecule has 0 radical (unpaired) electrons. The number of hydrogen-bond donors (Lipinski definition) is 0. The molecule has 0 atom stereocenters. The van der Waals surface area contributed by atoms with Gasteiger partial charge in [-0.25, -0.2) is 0 Å². The van der Waals surface area contributed by atoms with E-state index in [1.807, 2.05) is 11.4 Å². The summed E-state index contributed by atoms with van der Waals surface area (Å²) in [6, 6.07) is 4.08. The summed E-state index contributed by atoms with van der Waals surface area (Å²) in [4.78, 5) is 1.26. The molecule has 1 heterocycles. The van der Waals surface area contributed by atoms with E-state index in [0.29, 0.717) is 20.1 Å². The first-order chi connectivity index (χ1) is 5.43. The standard InChI is InChI=1S/C8H12OS/c1-2-5-9-7-8-4-3-6-10-8/h3-4,6H,2,5,7H2,1H3/i1D. The van der Waals surface area contributed by atoms with E-state index >= 15 is 0 Å². The van der Waals surface area contributed by atoms with Gasteiger partial charge in [-0.05, 0) is 17.9 Å². The molecule has 0 aliphatic heterocycles. The first-order valence-corrected chi connectivity index (χ1v) is 4.21. The average Bonchev–Trinajstić information content (AvgIpc) is 2.50. The van der Waals surface area contributed by atoms with Gasteiger partial charge in [0, 0.05) is 12.9 Å². The van der Waals surface area contributed by atoms with E-state index in [0.717, 1.165) is 6.42 Å². The Morgan fingerprint density at radius 1 is 1.80 bits per heavy atom. The second-order valence-electron chi connectivity index (χ2n) is 1.99. The molecule has 0 fully saturated rings. The Kier molecular flexibility index (Phi) is 2.85. The van der Waals surface area contributed by atoms with Crippen LogP contribution in [-0.4, -0.2) is 6.61 Å². The Morgan fingerprint density at radius 2 is 2.80 bits per heavy atom. The van der Waals surface area contributed by atoms with Gasteiger partial charge in [0.1, 0.15) is 0 Å². The molecular formula is C8H12OS. The van der Waals surface area contributed by atoms with Crippen LogP contribution in [-0.2, 0) is 11.3 Å². The van der Waals surface area contributed by atoms with Gasteiger partial charge in [-0.2, -0.15) is 0 Å². The summed E-state index contributed by atoms with van der Waals surface area (Å²) >= 11 is 1.71. The molecule has 1 nitrogen and oxygen atoms in total. The molecule has 56 valence electrons. The molecular weight excluding hydrogens is 144 g/mol. The Labute approximate surface area is 67.1 Å². The van der Waals surface area contributed by atoms with Crippen molar-refractivity contribution in [2.24, 2.45) is 0 Å². The van der Waals surface area contributed by atoms with Crippen molar-refractivity contribution in [3.8, 4) is 0 Å². The van der Waals surface area contributed by atoms with Gasteiger partial charge in [-0.3, -0.25) is 0 Å². The van der Waals surface area contributed by atoms with Crippen LogP contribution < -0.4 is 0 Å². The smallest absolute Gasteiger partial charge is 0.0809 e. The van der Waals surface area contributed by atoms with Crippen molar-refractivity contribution in [3.63, 3.8) is 0 Å². The van der Waals surface area contributed by atoms with E-state index < -0.39 is 0 Å². The summed E-state index contributed by atoms with van der Waals surface area (Å²) in [6.07, 6.45) is 0.839. The molecule has 0 unspecified atom stereocenters. The molecule has 0 spiro atoms. The first kappa shape index (κ1) is 6.38. The lowest BCUT2D eigenvalue weighted by molar-refractivity contribution is 0.123. The Morgan fingerprint density at radius 3 is 3.50 bits per heavy atom. The minimum absolute atomic E-state index is 0.463. The van der Waals surface area contributed by atoms with Gasteiger partial charge in [0.2, 0.25) is 0 Å². The topological polar surface area (TPSA) is 9.23 Å². The third-order valence-electron chi connectivity index (χ3n) is 1.11. The molecule has 1 aromatic rings. The third kappa shape index (κ3) is 2.50. The van der Waals surface area contributed by atoms with Gasteiger partial charge in [0.15, 0.2) is 0 Å². The van der Waals surface area contributed by atoms with Crippen LogP contribution in [0.25, 0.3) is 0 Å². The van der Waals surface area contributed by atoms with Gasteiger partial charge < -0.3 is 4.74 Å². The molecule has 1 aromatic heterocycles. The first-order valence-electron chi connectivity index (χ1n) is 4.03. The van der Waals surface area contributed by atoms with E-state index in [1.165, 1.54) is 4.88 Å². The Bertz CT molecular complexity index is 174. The van der Waals surface area contributed by atoms with Crippen molar-refractivity contribution in [1.82, 2.24) is 0 Å². The lowest BCUT2D eigenvalue weighted by atomic mass is 10.5. The van der Waals surface area contributed by atoms with Crippen LogP contribution in [0.5, 0.6) is 0 Å². The zero-order valence-corrected chi connectivity index (χ0v) is 6.69. The van der Waals surface area contributed by atoms with E-state index in [-0.39, 0.29) is 0 Å². The summed E-state index contributed by atoms with van der Waals surface area (Å²) in [5, 5.41) is 2.04. The van der Waals surface area contributed by atoms with Crippen molar-refractivity contribution < 1.29 is 6.11 Å². The molecule has 2 heteroatoms. The third-order valence-corrected chi connectivity index (χ3v) is 1.96. The molecule has 0 aromatic carbocycles. The highest BCUT2D eigenvalue weighted by Crippen LogP contribution is 2.09. The molecule has 10 heavy (non-hydrogen) atoms. The normalized spacial score (nSPS) is 11.4. The molecule has 0 amide bonds. The maximum atomic E-state index is 6.88. The lowest BCUT2D eigenvalue weighted by Gasteiger charge is -1.97. The molecule has 0 bridgehead atoms. The van der Waals surface area contributed by atoms with Crippen molar-refractivity contribution in [3.05, 3.63) is 22.4 Å². The van der Waals surface area contributed by atoms with Crippen LogP contribution in [0, 0.1) is 0 Å². The summed E-state index contributed by atoms with van der Waals surface area (Å²) in [6.45, 7) is 1.88. The summed E-state index contributed by atoms with van der Waals surface area (Å²) in [5.41, 5.74) is 0. The van der Waals surface area contributed by atoms with Crippen LogP contribution in [0.1, 0.15) is 19.6 Å². The van der Waals surface area contributed by atoms with Crippen molar-refractivity contribution in [2.75, 3.05) is 6.61 Å². The fraction of sp³-hybridized carbons (Fsp3) is 0.500. The van der Waals surface area contributed by atoms with Gasteiger partial charge in [-0.1, -0.05) is 13.0 Å². The number of hydrogen-bond acceptors (Lipinski definition) is 2. The molecule has 0 saturated heterocycles.